The van der Waals surface area contributed by atoms with Gasteiger partial charge in [-0.05, 0) is 37.0 Å². The predicted molar refractivity (Wildman–Crippen MR) is 89.7 cm³/mol. The molecule has 2 aromatic carbocycles. The summed E-state index contributed by atoms with van der Waals surface area (Å²) in [6.07, 6.45) is 0.827. The van der Waals surface area contributed by atoms with Crippen molar-refractivity contribution in [3.05, 3.63) is 54.1 Å². The summed E-state index contributed by atoms with van der Waals surface area (Å²) in [7, 11) is -3.55. The highest BCUT2D eigenvalue weighted by Crippen LogP contribution is 2.38. The zero-order valence-corrected chi connectivity index (χ0v) is 14.2. The molecule has 2 unspecified atom stereocenters. The van der Waals surface area contributed by atoms with Crippen LogP contribution in [0.25, 0.3) is 0 Å². The summed E-state index contributed by atoms with van der Waals surface area (Å²) in [6, 6.07) is 14.9. The maximum Gasteiger partial charge on any atom is 0.243 e. The Bertz CT molecular complexity index is 851. The topological polar surface area (TPSA) is 55.8 Å². The molecule has 0 aliphatic carbocycles. The van der Waals surface area contributed by atoms with Gasteiger partial charge in [0.05, 0.1) is 4.90 Å². The van der Waals surface area contributed by atoms with Crippen molar-refractivity contribution >= 4 is 10.0 Å². The van der Waals surface area contributed by atoms with E-state index in [1.807, 2.05) is 25.1 Å². The molecule has 0 saturated carbocycles. The first-order valence-corrected chi connectivity index (χ1v) is 9.46. The average Bonchev–Trinajstić information content (AvgIpc) is 3.21. The number of ether oxygens (including phenoxy) is 2. The number of hydrogen-bond acceptors (Lipinski definition) is 4. The fourth-order valence-electron chi connectivity index (χ4n) is 3.48. The van der Waals surface area contributed by atoms with E-state index in [9.17, 15) is 8.42 Å². The van der Waals surface area contributed by atoms with E-state index in [0.717, 1.165) is 6.42 Å². The van der Waals surface area contributed by atoms with Crippen LogP contribution in [-0.2, 0) is 10.0 Å². The molecule has 2 aliphatic rings. The summed E-state index contributed by atoms with van der Waals surface area (Å²) >= 11 is 0. The van der Waals surface area contributed by atoms with Crippen molar-refractivity contribution in [1.29, 1.82) is 0 Å². The lowest BCUT2D eigenvalue weighted by Crippen LogP contribution is -2.33. The van der Waals surface area contributed by atoms with E-state index < -0.39 is 10.0 Å². The Morgan fingerprint density at radius 2 is 1.79 bits per heavy atom. The summed E-state index contributed by atoms with van der Waals surface area (Å²) in [6.45, 7) is 2.60. The molecule has 0 radical (unpaired) electrons. The summed E-state index contributed by atoms with van der Waals surface area (Å²) in [5.74, 6) is 1.30. The molecule has 126 valence electrons. The lowest BCUT2D eigenvalue weighted by atomic mass is 9.97. The van der Waals surface area contributed by atoms with Gasteiger partial charge in [-0.3, -0.25) is 0 Å². The monoisotopic (exact) mass is 345 g/mol. The second kappa shape index (κ2) is 5.79. The minimum absolute atomic E-state index is 0.0365. The molecule has 2 aliphatic heterocycles. The van der Waals surface area contributed by atoms with Crippen LogP contribution >= 0.6 is 0 Å². The standard InChI is InChI=1S/C18H19NO4S/c1-13-9-15(14-5-3-2-4-6-14)11-19(13)24(20,21)16-7-8-17-18(10-16)23-12-22-17/h2-8,10,13,15H,9,11-12H2,1H3. The van der Waals surface area contributed by atoms with Crippen LogP contribution < -0.4 is 9.47 Å². The van der Waals surface area contributed by atoms with E-state index in [-0.39, 0.29) is 23.6 Å². The van der Waals surface area contributed by atoms with Gasteiger partial charge >= 0.3 is 0 Å². The highest BCUT2D eigenvalue weighted by Gasteiger charge is 2.38. The van der Waals surface area contributed by atoms with Crippen molar-refractivity contribution in [1.82, 2.24) is 4.31 Å². The average molecular weight is 345 g/mol. The Labute approximate surface area is 141 Å². The Morgan fingerprint density at radius 3 is 2.58 bits per heavy atom. The second-order valence-corrected chi connectivity index (χ2v) is 8.17. The maximum atomic E-state index is 13.1. The van der Waals surface area contributed by atoms with Gasteiger partial charge in [0, 0.05) is 18.7 Å². The predicted octanol–water partition coefficient (Wildman–Crippen LogP) is 2.98. The number of benzene rings is 2. The fraction of sp³-hybridized carbons (Fsp3) is 0.333. The van der Waals surface area contributed by atoms with Crippen LogP contribution in [0.1, 0.15) is 24.8 Å². The van der Waals surface area contributed by atoms with Crippen molar-refractivity contribution < 1.29 is 17.9 Å². The molecule has 0 spiro atoms. The third-order valence-corrected chi connectivity index (χ3v) is 6.72. The maximum absolute atomic E-state index is 13.1. The van der Waals surface area contributed by atoms with Crippen LogP contribution in [-0.4, -0.2) is 32.1 Å². The number of sulfonamides is 1. The summed E-state index contributed by atoms with van der Waals surface area (Å²) in [5, 5.41) is 0. The van der Waals surface area contributed by atoms with Gasteiger partial charge in [0.15, 0.2) is 11.5 Å². The van der Waals surface area contributed by atoms with Gasteiger partial charge in [0.2, 0.25) is 16.8 Å². The third kappa shape index (κ3) is 2.56. The smallest absolute Gasteiger partial charge is 0.243 e. The van der Waals surface area contributed by atoms with E-state index in [1.54, 1.807) is 22.5 Å². The number of rotatable bonds is 3. The molecule has 2 aromatic rings. The van der Waals surface area contributed by atoms with Crippen molar-refractivity contribution in [2.75, 3.05) is 13.3 Å². The van der Waals surface area contributed by atoms with Crippen LogP contribution in [0.3, 0.4) is 0 Å². The highest BCUT2D eigenvalue weighted by molar-refractivity contribution is 7.89. The van der Waals surface area contributed by atoms with Crippen molar-refractivity contribution in [2.24, 2.45) is 0 Å². The van der Waals surface area contributed by atoms with E-state index >= 15 is 0 Å². The zero-order chi connectivity index (χ0) is 16.7. The molecule has 1 saturated heterocycles. The lowest BCUT2D eigenvalue weighted by molar-refractivity contribution is 0.174. The van der Waals surface area contributed by atoms with Gasteiger partial charge in [-0.1, -0.05) is 30.3 Å². The Kier molecular flexibility index (Phi) is 3.73. The minimum Gasteiger partial charge on any atom is -0.454 e. The summed E-state index contributed by atoms with van der Waals surface area (Å²) in [5.41, 5.74) is 1.19. The zero-order valence-electron chi connectivity index (χ0n) is 13.4. The quantitative estimate of drug-likeness (QED) is 0.858. The Hall–Kier alpha value is -2.05. The molecule has 6 heteroatoms. The van der Waals surface area contributed by atoms with Gasteiger partial charge < -0.3 is 9.47 Å². The largest absolute Gasteiger partial charge is 0.454 e. The van der Waals surface area contributed by atoms with Crippen LogP contribution in [0.4, 0.5) is 0 Å². The molecule has 0 N–H and O–H groups in total. The van der Waals surface area contributed by atoms with Crippen LogP contribution in [0.15, 0.2) is 53.4 Å². The van der Waals surface area contributed by atoms with E-state index in [0.29, 0.717) is 18.0 Å². The minimum atomic E-state index is -3.55. The first-order chi connectivity index (χ1) is 11.6. The van der Waals surface area contributed by atoms with Crippen LogP contribution in [0, 0.1) is 0 Å². The number of fused-ring (bicyclic) bond motifs is 1. The molecule has 1 fully saturated rings. The van der Waals surface area contributed by atoms with Gasteiger partial charge in [0.25, 0.3) is 0 Å². The summed E-state index contributed by atoms with van der Waals surface area (Å²) in [4.78, 5) is 0.257. The Balaban J connectivity index is 1.63. The SMILES string of the molecule is CC1CC(c2ccccc2)CN1S(=O)(=O)c1ccc2c(c1)OCO2. The van der Waals surface area contributed by atoms with Crippen molar-refractivity contribution in [2.45, 2.75) is 30.2 Å². The van der Waals surface area contributed by atoms with Crippen LogP contribution in [0.2, 0.25) is 0 Å². The van der Waals surface area contributed by atoms with E-state index in [1.165, 1.54) is 5.56 Å². The normalized spacial score (nSPS) is 23.5. The molecule has 0 amide bonds. The third-order valence-electron chi connectivity index (χ3n) is 4.74. The molecule has 2 atom stereocenters. The Morgan fingerprint density at radius 1 is 1.04 bits per heavy atom. The van der Waals surface area contributed by atoms with Crippen molar-refractivity contribution in [3.8, 4) is 11.5 Å². The molecule has 4 rings (SSSR count). The molecule has 2 heterocycles. The van der Waals surface area contributed by atoms with Gasteiger partial charge in [-0.2, -0.15) is 4.31 Å². The molecule has 24 heavy (non-hydrogen) atoms. The van der Waals surface area contributed by atoms with Crippen molar-refractivity contribution in [3.63, 3.8) is 0 Å². The molecule has 0 bridgehead atoms. The van der Waals surface area contributed by atoms with Crippen LogP contribution in [0.5, 0.6) is 11.5 Å². The van der Waals surface area contributed by atoms with E-state index in [4.69, 9.17) is 9.47 Å². The first-order valence-electron chi connectivity index (χ1n) is 8.02. The van der Waals surface area contributed by atoms with E-state index in [2.05, 4.69) is 12.1 Å². The number of hydrogen-bond donors (Lipinski definition) is 0. The van der Waals surface area contributed by atoms with Gasteiger partial charge in [0.1, 0.15) is 0 Å². The van der Waals surface area contributed by atoms with Gasteiger partial charge in [-0.25, -0.2) is 8.42 Å². The molecular weight excluding hydrogens is 326 g/mol. The number of nitrogens with zero attached hydrogens (tertiary/aromatic N) is 1. The molecule has 0 aromatic heterocycles. The van der Waals surface area contributed by atoms with Gasteiger partial charge in [-0.15, -0.1) is 0 Å². The highest BCUT2D eigenvalue weighted by atomic mass is 32.2. The molecule has 5 nitrogen and oxygen atoms in total. The first kappa shape index (κ1) is 15.5. The second-order valence-electron chi connectivity index (χ2n) is 6.28. The summed E-state index contributed by atoms with van der Waals surface area (Å²) < 4.78 is 38.3. The fourth-order valence-corrected chi connectivity index (χ4v) is 5.18. The molecular formula is C18H19NO4S. The lowest BCUT2D eigenvalue weighted by Gasteiger charge is -2.21.